The maximum atomic E-state index is 5.52. The van der Waals surface area contributed by atoms with Gasteiger partial charge in [-0.25, -0.2) is 0 Å². The van der Waals surface area contributed by atoms with E-state index in [2.05, 4.69) is 58.8 Å². The van der Waals surface area contributed by atoms with Gasteiger partial charge in [-0.2, -0.15) is 0 Å². The van der Waals surface area contributed by atoms with Crippen molar-refractivity contribution >= 4 is 41.3 Å². The van der Waals surface area contributed by atoms with Gasteiger partial charge < -0.3 is 15.4 Å². The van der Waals surface area contributed by atoms with E-state index in [1.54, 1.807) is 0 Å². The molecule has 5 nitrogen and oxygen atoms in total. The molecule has 3 unspecified atom stereocenters. The van der Waals surface area contributed by atoms with Crippen molar-refractivity contribution in [3.63, 3.8) is 0 Å². The van der Waals surface area contributed by atoms with E-state index >= 15 is 0 Å². The minimum atomic E-state index is 0. The first kappa shape index (κ1) is 22.7. The highest BCUT2D eigenvalue weighted by Crippen LogP contribution is 2.14. The average molecular weight is 480 g/mol. The van der Waals surface area contributed by atoms with Crippen LogP contribution >= 0.6 is 35.3 Å². The van der Waals surface area contributed by atoms with Gasteiger partial charge in [0.1, 0.15) is 0 Å². The summed E-state index contributed by atoms with van der Waals surface area (Å²) in [6.45, 7) is 11.3. The fourth-order valence-electron chi connectivity index (χ4n) is 3.09. The summed E-state index contributed by atoms with van der Waals surface area (Å²) in [5.74, 6) is 1.47. The fourth-order valence-corrected chi connectivity index (χ4v) is 3.96. The summed E-state index contributed by atoms with van der Waals surface area (Å²) in [5, 5.41) is 9.05. The lowest BCUT2D eigenvalue weighted by molar-refractivity contribution is -0.0174. The Morgan fingerprint density at radius 3 is 2.80 bits per heavy atom. The zero-order valence-electron chi connectivity index (χ0n) is 15.8. The van der Waals surface area contributed by atoms with E-state index in [-0.39, 0.29) is 24.0 Å². The summed E-state index contributed by atoms with van der Waals surface area (Å²) < 4.78 is 5.52. The molecule has 0 spiro atoms. The topological polar surface area (TPSA) is 48.9 Å². The molecule has 0 saturated carbocycles. The van der Waals surface area contributed by atoms with Crippen LogP contribution in [0.2, 0.25) is 0 Å². The summed E-state index contributed by atoms with van der Waals surface area (Å²) in [6, 6.07) is 5.27. The van der Waals surface area contributed by atoms with Gasteiger partial charge in [-0.15, -0.1) is 35.3 Å². The smallest absolute Gasteiger partial charge is 0.191 e. The zero-order valence-corrected chi connectivity index (χ0v) is 19.0. The Balaban J connectivity index is 0.00000312. The number of ether oxygens (including phenoxy) is 1. The molecule has 7 heteroatoms. The Kier molecular flexibility index (Phi) is 11.0. The predicted molar refractivity (Wildman–Crippen MR) is 118 cm³/mol. The van der Waals surface area contributed by atoms with Gasteiger partial charge in [0, 0.05) is 43.6 Å². The van der Waals surface area contributed by atoms with Crippen LogP contribution in [0.25, 0.3) is 0 Å². The fraction of sp³-hybridized carbons (Fsp3) is 0.722. The van der Waals surface area contributed by atoms with Crippen molar-refractivity contribution in [3.05, 3.63) is 22.4 Å². The first-order chi connectivity index (χ1) is 11.6. The molecular weight excluding hydrogens is 447 g/mol. The van der Waals surface area contributed by atoms with Crippen molar-refractivity contribution in [1.82, 2.24) is 15.5 Å². The molecular formula is C18H33IN4OS. The molecule has 0 bridgehead atoms. The lowest BCUT2D eigenvalue weighted by Gasteiger charge is -2.38. The minimum absolute atomic E-state index is 0. The number of halogens is 1. The standard InChI is InChI=1S/C18H32N4OS.HI/c1-14(10-17-6-5-9-24-17)11-20-18(19-4)21-12-15(2)22-7-8-23-13-16(22)3;/h5-6,9,14-16H,7-8,10-13H2,1-4H3,(H2,19,20,21);1H. The normalized spacial score (nSPS) is 21.3. The summed E-state index contributed by atoms with van der Waals surface area (Å²) in [5.41, 5.74) is 0. The quantitative estimate of drug-likeness (QED) is 0.358. The van der Waals surface area contributed by atoms with E-state index in [1.165, 1.54) is 4.88 Å². The number of guanidine groups is 1. The lowest BCUT2D eigenvalue weighted by atomic mass is 10.1. The van der Waals surface area contributed by atoms with E-state index in [0.717, 1.165) is 45.2 Å². The highest BCUT2D eigenvalue weighted by Gasteiger charge is 2.23. The maximum Gasteiger partial charge on any atom is 0.191 e. The van der Waals surface area contributed by atoms with Crippen LogP contribution in [-0.4, -0.2) is 62.8 Å². The van der Waals surface area contributed by atoms with Gasteiger partial charge in [0.05, 0.1) is 13.2 Å². The highest BCUT2D eigenvalue weighted by atomic mass is 127. The van der Waals surface area contributed by atoms with Crippen molar-refractivity contribution in [2.75, 3.05) is 39.9 Å². The third-order valence-corrected chi connectivity index (χ3v) is 5.42. The third kappa shape index (κ3) is 7.80. The van der Waals surface area contributed by atoms with Gasteiger partial charge in [-0.05, 0) is 37.6 Å². The van der Waals surface area contributed by atoms with Crippen LogP contribution in [0.15, 0.2) is 22.5 Å². The molecule has 3 atom stereocenters. The molecule has 2 N–H and O–H groups in total. The van der Waals surface area contributed by atoms with Crippen molar-refractivity contribution in [3.8, 4) is 0 Å². The van der Waals surface area contributed by atoms with E-state index in [0.29, 0.717) is 18.0 Å². The Morgan fingerprint density at radius 1 is 1.40 bits per heavy atom. The molecule has 2 rings (SSSR count). The van der Waals surface area contributed by atoms with E-state index < -0.39 is 0 Å². The summed E-state index contributed by atoms with van der Waals surface area (Å²) in [4.78, 5) is 8.30. The van der Waals surface area contributed by atoms with Crippen molar-refractivity contribution in [2.24, 2.45) is 10.9 Å². The molecule has 1 fully saturated rings. The maximum absolute atomic E-state index is 5.52. The van der Waals surface area contributed by atoms with Crippen molar-refractivity contribution < 1.29 is 4.74 Å². The molecule has 1 aliphatic heterocycles. The minimum Gasteiger partial charge on any atom is -0.379 e. The highest BCUT2D eigenvalue weighted by molar-refractivity contribution is 14.0. The molecule has 1 aromatic rings. The van der Waals surface area contributed by atoms with Gasteiger partial charge in [0.2, 0.25) is 0 Å². The van der Waals surface area contributed by atoms with Crippen LogP contribution in [0.4, 0.5) is 0 Å². The van der Waals surface area contributed by atoms with E-state index in [9.17, 15) is 0 Å². The first-order valence-electron chi connectivity index (χ1n) is 8.90. The van der Waals surface area contributed by atoms with E-state index in [4.69, 9.17) is 4.74 Å². The van der Waals surface area contributed by atoms with Crippen LogP contribution in [0.3, 0.4) is 0 Å². The number of rotatable bonds is 7. The second-order valence-corrected chi connectivity index (χ2v) is 7.77. The lowest BCUT2D eigenvalue weighted by Crippen LogP contribution is -2.53. The second-order valence-electron chi connectivity index (χ2n) is 6.73. The van der Waals surface area contributed by atoms with Crippen LogP contribution in [0.1, 0.15) is 25.6 Å². The Hall–Kier alpha value is -0.380. The zero-order chi connectivity index (χ0) is 17.4. The second kappa shape index (κ2) is 12.1. The monoisotopic (exact) mass is 480 g/mol. The van der Waals surface area contributed by atoms with Gasteiger partial charge >= 0.3 is 0 Å². The molecule has 144 valence electrons. The van der Waals surface area contributed by atoms with Crippen LogP contribution in [-0.2, 0) is 11.2 Å². The van der Waals surface area contributed by atoms with Gasteiger partial charge in [-0.3, -0.25) is 9.89 Å². The third-order valence-electron chi connectivity index (χ3n) is 4.52. The Morgan fingerprint density at radius 2 is 2.16 bits per heavy atom. The summed E-state index contributed by atoms with van der Waals surface area (Å²) >= 11 is 1.83. The number of hydrogen-bond donors (Lipinski definition) is 2. The number of nitrogens with zero attached hydrogens (tertiary/aromatic N) is 2. The van der Waals surface area contributed by atoms with Crippen molar-refractivity contribution in [1.29, 1.82) is 0 Å². The molecule has 1 aliphatic rings. The summed E-state index contributed by atoms with van der Waals surface area (Å²) in [7, 11) is 1.83. The summed E-state index contributed by atoms with van der Waals surface area (Å²) in [6.07, 6.45) is 1.11. The molecule has 0 amide bonds. The largest absolute Gasteiger partial charge is 0.379 e. The van der Waals surface area contributed by atoms with Gasteiger partial charge in [-0.1, -0.05) is 13.0 Å². The number of hydrogen-bond acceptors (Lipinski definition) is 4. The van der Waals surface area contributed by atoms with Gasteiger partial charge in [0.25, 0.3) is 0 Å². The average Bonchev–Trinajstić information content (AvgIpc) is 3.08. The van der Waals surface area contributed by atoms with Crippen LogP contribution < -0.4 is 10.6 Å². The number of thiophene rings is 1. The molecule has 0 aliphatic carbocycles. The Bertz CT molecular complexity index is 497. The molecule has 0 aromatic carbocycles. The number of aliphatic imine (C=N–C) groups is 1. The number of morpholine rings is 1. The van der Waals surface area contributed by atoms with E-state index in [1.807, 2.05) is 18.4 Å². The van der Waals surface area contributed by atoms with Crippen molar-refractivity contribution in [2.45, 2.75) is 39.3 Å². The first-order valence-corrected chi connectivity index (χ1v) is 9.78. The Labute approximate surface area is 173 Å². The van der Waals surface area contributed by atoms with Crippen LogP contribution in [0.5, 0.6) is 0 Å². The SMILES string of the molecule is CN=C(NCC(C)Cc1cccs1)NCC(C)N1CCOCC1C.I. The molecule has 1 saturated heterocycles. The molecule has 0 radical (unpaired) electrons. The van der Waals surface area contributed by atoms with Crippen LogP contribution in [0, 0.1) is 5.92 Å². The van der Waals surface area contributed by atoms with Gasteiger partial charge in [0.15, 0.2) is 5.96 Å². The molecule has 2 heterocycles. The molecule has 25 heavy (non-hydrogen) atoms. The predicted octanol–water partition coefficient (Wildman–Crippen LogP) is 2.82. The number of nitrogens with one attached hydrogen (secondary N) is 2. The molecule has 1 aromatic heterocycles.